The van der Waals surface area contributed by atoms with Crippen LogP contribution in [0.3, 0.4) is 0 Å². The molecule has 2 aromatic heterocycles. The smallest absolute Gasteiger partial charge is 0.424 e. The molecule has 3 aromatic rings. The zero-order valence-electron chi connectivity index (χ0n) is 22.9. The summed E-state index contributed by atoms with van der Waals surface area (Å²) >= 11 is 0. The third-order valence-corrected chi connectivity index (χ3v) is 9.79. The van der Waals surface area contributed by atoms with Crippen LogP contribution in [0.5, 0.6) is 0 Å². The van der Waals surface area contributed by atoms with Gasteiger partial charge in [0.25, 0.3) is 10.0 Å². The summed E-state index contributed by atoms with van der Waals surface area (Å²) < 4.78 is 52.0. The number of fused-ring (bicyclic) bond motifs is 1. The molecular weight excluding hydrogens is 524 g/mol. The van der Waals surface area contributed by atoms with E-state index in [2.05, 4.69) is 15.0 Å². The molecule has 39 heavy (non-hydrogen) atoms. The van der Waals surface area contributed by atoms with Crippen LogP contribution in [0.4, 0.5) is 10.5 Å². The molecule has 12 heteroatoms. The number of hydrogen-bond donors (Lipinski definition) is 0. The maximum atomic E-state index is 14.3. The Kier molecular flexibility index (Phi) is 5.82. The quantitative estimate of drug-likeness (QED) is 0.427. The van der Waals surface area contributed by atoms with Crippen molar-refractivity contribution in [1.29, 1.82) is 0 Å². The number of amides is 1. The third kappa shape index (κ3) is 4.57. The van der Waals surface area contributed by atoms with Crippen molar-refractivity contribution in [2.45, 2.75) is 76.3 Å². The molecule has 0 unspecified atom stereocenters. The van der Waals surface area contributed by atoms with Gasteiger partial charge in [-0.25, -0.2) is 18.2 Å². The lowest BCUT2D eigenvalue weighted by Crippen LogP contribution is -2.51. The molecule has 3 aliphatic rings. The van der Waals surface area contributed by atoms with Crippen molar-refractivity contribution >= 4 is 32.8 Å². The van der Waals surface area contributed by atoms with Crippen molar-refractivity contribution in [3.63, 3.8) is 0 Å². The third-order valence-electron chi connectivity index (χ3n) is 7.89. The SMILES string of the molecule is Cc1cnc(-c2noc3c(N4CCC5(CC4)COC5)cc(S(=O)(=O)N(C(=O)OC(C)(C)C)C4(C)CC4)cc23)o1. The van der Waals surface area contributed by atoms with E-state index in [1.807, 2.05) is 0 Å². The molecule has 1 saturated carbocycles. The fourth-order valence-corrected chi connectivity index (χ4v) is 7.04. The molecule has 0 N–H and O–H groups in total. The lowest BCUT2D eigenvalue weighted by atomic mass is 9.77. The van der Waals surface area contributed by atoms with Gasteiger partial charge in [-0.15, -0.1) is 0 Å². The molecule has 1 aromatic carbocycles. The molecule has 1 aliphatic carbocycles. The van der Waals surface area contributed by atoms with E-state index in [1.165, 1.54) is 6.07 Å². The average Bonchev–Trinajstić information content (AvgIpc) is 3.22. The Morgan fingerprint density at radius 3 is 2.36 bits per heavy atom. The molecule has 0 atom stereocenters. The van der Waals surface area contributed by atoms with E-state index in [0.717, 1.165) is 30.4 Å². The Labute approximate surface area is 227 Å². The van der Waals surface area contributed by atoms with Gasteiger partial charge in [0.1, 0.15) is 11.4 Å². The molecule has 1 amide bonds. The number of rotatable bonds is 5. The van der Waals surface area contributed by atoms with Crippen molar-refractivity contribution in [2.75, 3.05) is 31.2 Å². The van der Waals surface area contributed by atoms with E-state index >= 15 is 0 Å². The molecule has 6 rings (SSSR count). The summed E-state index contributed by atoms with van der Waals surface area (Å²) in [5.41, 5.74) is -0.163. The van der Waals surface area contributed by atoms with Crippen LogP contribution in [0.25, 0.3) is 22.6 Å². The zero-order valence-corrected chi connectivity index (χ0v) is 23.8. The highest BCUT2D eigenvalue weighted by Gasteiger charge is 2.54. The Balaban J connectivity index is 1.48. The Morgan fingerprint density at radius 1 is 1.13 bits per heavy atom. The van der Waals surface area contributed by atoms with Crippen LogP contribution in [0.15, 0.2) is 32.2 Å². The van der Waals surface area contributed by atoms with Crippen LogP contribution in [0.1, 0.15) is 59.1 Å². The van der Waals surface area contributed by atoms with Gasteiger partial charge in [-0.05, 0) is 72.4 Å². The minimum atomic E-state index is -4.32. The lowest BCUT2D eigenvalue weighted by Gasteiger charge is -2.47. The van der Waals surface area contributed by atoms with E-state index in [-0.39, 0.29) is 16.2 Å². The second kappa shape index (κ2) is 8.69. The first kappa shape index (κ1) is 26.1. The highest BCUT2D eigenvalue weighted by atomic mass is 32.2. The summed E-state index contributed by atoms with van der Waals surface area (Å²) in [6.45, 7) is 11.6. The van der Waals surface area contributed by atoms with Gasteiger partial charge in [0.05, 0.1) is 40.9 Å². The van der Waals surface area contributed by atoms with Crippen LogP contribution in [0.2, 0.25) is 0 Å². The van der Waals surface area contributed by atoms with Crippen LogP contribution in [-0.4, -0.2) is 66.4 Å². The van der Waals surface area contributed by atoms with Crippen LogP contribution in [-0.2, 0) is 19.5 Å². The number of carbonyl (C=O) groups excluding carboxylic acids is 1. The number of piperidine rings is 1. The fourth-order valence-electron chi connectivity index (χ4n) is 5.31. The average molecular weight is 559 g/mol. The van der Waals surface area contributed by atoms with Crippen LogP contribution < -0.4 is 4.90 Å². The van der Waals surface area contributed by atoms with Gasteiger partial charge in [0.15, 0.2) is 11.3 Å². The molecule has 210 valence electrons. The monoisotopic (exact) mass is 558 g/mol. The molecule has 4 heterocycles. The molecule has 2 aliphatic heterocycles. The fraction of sp³-hybridized carbons (Fsp3) is 0.593. The highest BCUT2D eigenvalue weighted by molar-refractivity contribution is 7.89. The van der Waals surface area contributed by atoms with Gasteiger partial charge < -0.3 is 23.3 Å². The number of aromatic nitrogens is 2. The maximum absolute atomic E-state index is 14.3. The largest absolute Gasteiger partial charge is 0.443 e. The molecule has 2 saturated heterocycles. The maximum Gasteiger partial charge on any atom is 0.424 e. The summed E-state index contributed by atoms with van der Waals surface area (Å²) in [7, 11) is -4.32. The van der Waals surface area contributed by atoms with E-state index in [9.17, 15) is 13.2 Å². The van der Waals surface area contributed by atoms with Gasteiger partial charge in [-0.1, -0.05) is 5.16 Å². The molecule has 3 fully saturated rings. The Hall–Kier alpha value is -3.12. The highest BCUT2D eigenvalue weighted by Crippen LogP contribution is 2.47. The Morgan fingerprint density at radius 2 is 1.82 bits per heavy atom. The van der Waals surface area contributed by atoms with Crippen molar-refractivity contribution in [3.05, 3.63) is 24.1 Å². The number of aryl methyl sites for hydroxylation is 1. The predicted molar refractivity (Wildman–Crippen MR) is 142 cm³/mol. The van der Waals surface area contributed by atoms with E-state index in [4.69, 9.17) is 18.4 Å². The first-order chi connectivity index (χ1) is 18.3. The minimum absolute atomic E-state index is 0.0380. The van der Waals surface area contributed by atoms with Gasteiger partial charge >= 0.3 is 6.09 Å². The number of nitrogens with zero attached hydrogens (tertiary/aromatic N) is 4. The van der Waals surface area contributed by atoms with Gasteiger partial charge in [-0.2, -0.15) is 4.31 Å². The summed E-state index contributed by atoms with van der Waals surface area (Å²) in [6, 6.07) is 3.08. The number of carbonyl (C=O) groups is 1. The summed E-state index contributed by atoms with van der Waals surface area (Å²) in [4.78, 5) is 19.7. The second-order valence-electron chi connectivity index (χ2n) is 12.4. The van der Waals surface area contributed by atoms with Crippen LogP contribution >= 0.6 is 0 Å². The topological polar surface area (TPSA) is 128 Å². The molecular formula is C27H34N4O7S. The van der Waals surface area contributed by atoms with E-state index < -0.39 is 27.3 Å². The van der Waals surface area contributed by atoms with Gasteiger partial charge in [-0.3, -0.25) is 0 Å². The Bertz CT molecular complexity index is 1530. The number of anilines is 1. The first-order valence-electron chi connectivity index (χ1n) is 13.3. The minimum Gasteiger partial charge on any atom is -0.443 e. The molecule has 0 bridgehead atoms. The number of hydrogen-bond acceptors (Lipinski definition) is 10. The number of oxazole rings is 1. The predicted octanol–water partition coefficient (Wildman–Crippen LogP) is 4.89. The van der Waals surface area contributed by atoms with E-state index in [0.29, 0.717) is 54.0 Å². The standard InChI is InChI=1S/C27H34N4O7S/c1-17-14-28-23(36-17)21-19-12-18(39(33,34)31(26(5)6-7-26)24(32)37-25(2,3)4)13-20(22(19)38-29-21)30-10-8-27(9-11-30)15-35-16-27/h12-14H,6-11,15-16H2,1-5H3. The second-order valence-corrected chi connectivity index (χ2v) is 14.1. The van der Waals surface area contributed by atoms with Gasteiger partial charge in [0, 0.05) is 18.5 Å². The molecule has 1 spiro atoms. The van der Waals surface area contributed by atoms with Crippen LogP contribution in [0, 0.1) is 12.3 Å². The normalized spacial score (nSPS) is 20.2. The van der Waals surface area contributed by atoms with Crippen molar-refractivity contribution in [3.8, 4) is 11.6 Å². The number of benzene rings is 1. The zero-order chi connectivity index (χ0) is 27.8. The van der Waals surface area contributed by atoms with Crippen molar-refractivity contribution < 1.29 is 31.6 Å². The van der Waals surface area contributed by atoms with Crippen molar-refractivity contribution in [2.24, 2.45) is 5.41 Å². The summed E-state index contributed by atoms with van der Waals surface area (Å²) in [6.07, 6.45) is 3.65. The first-order valence-corrected chi connectivity index (χ1v) is 14.7. The summed E-state index contributed by atoms with van der Waals surface area (Å²) in [5.74, 6) is 0.820. The number of sulfonamides is 1. The number of ether oxygens (including phenoxy) is 2. The van der Waals surface area contributed by atoms with Gasteiger partial charge in [0.2, 0.25) is 5.89 Å². The molecule has 0 radical (unpaired) electrons. The van der Waals surface area contributed by atoms with E-state index in [1.54, 1.807) is 46.9 Å². The summed E-state index contributed by atoms with van der Waals surface area (Å²) in [5, 5.41) is 4.67. The lowest BCUT2D eigenvalue weighted by molar-refractivity contribution is -0.124. The molecule has 11 nitrogen and oxygen atoms in total. The van der Waals surface area contributed by atoms with Crippen molar-refractivity contribution in [1.82, 2.24) is 14.4 Å².